The number of hydrogen-bond acceptors (Lipinski definition) is 4. The number of aryl methyl sites for hydroxylation is 1. The van der Waals surface area contributed by atoms with Crippen LogP contribution < -0.4 is 4.80 Å². The molecule has 0 amide bonds. The normalized spacial score (nSPS) is 21.9. The fourth-order valence-corrected chi connectivity index (χ4v) is 5.52. The van der Waals surface area contributed by atoms with Crippen LogP contribution in [0.3, 0.4) is 0 Å². The van der Waals surface area contributed by atoms with Crippen LogP contribution in [-0.4, -0.2) is 9.49 Å². The summed E-state index contributed by atoms with van der Waals surface area (Å²) in [7, 11) is 0. The van der Waals surface area contributed by atoms with Crippen LogP contribution in [0.15, 0.2) is 58.9 Å². The predicted octanol–water partition coefficient (Wildman–Crippen LogP) is 6.92. The minimum absolute atomic E-state index is 0.119. The van der Waals surface area contributed by atoms with Gasteiger partial charge in [-0.25, -0.2) is 4.99 Å². The zero-order valence-electron chi connectivity index (χ0n) is 18.3. The maximum Gasteiger partial charge on any atom is 0.270 e. The van der Waals surface area contributed by atoms with E-state index >= 15 is 0 Å². The minimum atomic E-state index is -0.327. The maximum atomic E-state index is 11.3. The summed E-state index contributed by atoms with van der Waals surface area (Å²) in [5, 5.41) is 13.4. The largest absolute Gasteiger partial charge is 0.313 e. The molecule has 0 radical (unpaired) electrons. The monoisotopic (exact) mass is 435 g/mol. The zero-order valence-corrected chi connectivity index (χ0v) is 19.1. The van der Waals surface area contributed by atoms with Gasteiger partial charge in [0.25, 0.3) is 5.69 Å². The fraction of sp³-hybridized carbons (Fsp3) is 0.400. The number of thiazole rings is 1. The highest BCUT2D eigenvalue weighted by atomic mass is 32.1. The van der Waals surface area contributed by atoms with E-state index in [0.717, 1.165) is 34.6 Å². The topological polar surface area (TPSA) is 60.4 Å². The Kier molecular flexibility index (Phi) is 6.37. The summed E-state index contributed by atoms with van der Waals surface area (Å²) in [6.07, 6.45) is 4.55. The lowest BCUT2D eigenvalue weighted by atomic mass is 9.78. The molecule has 1 aromatic heterocycles. The third kappa shape index (κ3) is 4.49. The molecule has 1 heterocycles. The van der Waals surface area contributed by atoms with Gasteiger partial charge >= 0.3 is 0 Å². The first-order chi connectivity index (χ1) is 15.0. The molecule has 1 saturated carbocycles. The molecule has 1 fully saturated rings. The second kappa shape index (κ2) is 9.18. The van der Waals surface area contributed by atoms with Gasteiger partial charge in [0, 0.05) is 29.1 Å². The van der Waals surface area contributed by atoms with Crippen LogP contribution in [0.5, 0.6) is 0 Å². The van der Waals surface area contributed by atoms with Crippen molar-refractivity contribution < 1.29 is 4.92 Å². The number of nitrogens with zero attached hydrogens (tertiary/aromatic N) is 3. The van der Waals surface area contributed by atoms with Gasteiger partial charge in [-0.05, 0) is 42.4 Å². The van der Waals surface area contributed by atoms with Gasteiger partial charge in [0.1, 0.15) is 0 Å². The summed E-state index contributed by atoms with van der Waals surface area (Å²) in [4.78, 5) is 17.0. The van der Waals surface area contributed by atoms with Crippen LogP contribution in [0, 0.1) is 22.0 Å². The first-order valence-corrected chi connectivity index (χ1v) is 11.9. The van der Waals surface area contributed by atoms with Crippen molar-refractivity contribution in [3.8, 4) is 11.3 Å². The molecule has 6 heteroatoms. The quantitative estimate of drug-likeness (QED) is 0.323. The molecule has 5 nitrogen and oxygen atoms in total. The van der Waals surface area contributed by atoms with Gasteiger partial charge in [0.05, 0.1) is 16.3 Å². The summed E-state index contributed by atoms with van der Waals surface area (Å²) >= 11 is 1.61. The summed E-state index contributed by atoms with van der Waals surface area (Å²) in [6, 6.07) is 15.7. The number of nitro benzene ring substituents is 1. The molecule has 0 bridgehead atoms. The number of nitro groups is 1. The van der Waals surface area contributed by atoms with Gasteiger partial charge in [-0.15, -0.1) is 11.3 Å². The molecular weight excluding hydrogens is 406 g/mol. The van der Waals surface area contributed by atoms with Crippen molar-refractivity contribution in [3.05, 3.63) is 74.4 Å². The summed E-state index contributed by atoms with van der Waals surface area (Å²) < 4.78 is 2.35. The van der Waals surface area contributed by atoms with E-state index < -0.39 is 0 Å². The van der Waals surface area contributed by atoms with E-state index in [-0.39, 0.29) is 10.6 Å². The van der Waals surface area contributed by atoms with Crippen LogP contribution in [0.1, 0.15) is 51.6 Å². The standard InChI is InChI=1S/C25H29N3O2S/c1-4-19-11-13-21(14-12-19)26-25-27(23-10-5-7-17(2)18(23)3)24(16-31-25)20-8-6-9-22(15-20)28(29)30/h6,8-9,11-18,23H,4-5,7,10H2,1-3H3. The molecule has 4 rings (SSSR count). The highest BCUT2D eigenvalue weighted by Gasteiger charge is 2.30. The van der Waals surface area contributed by atoms with Crippen molar-refractivity contribution in [1.82, 2.24) is 4.57 Å². The third-order valence-electron chi connectivity index (χ3n) is 6.66. The molecule has 0 spiro atoms. The molecule has 3 unspecified atom stereocenters. The number of rotatable bonds is 5. The Hall–Kier alpha value is -2.73. The van der Waals surface area contributed by atoms with E-state index in [1.165, 1.54) is 18.4 Å². The molecule has 0 N–H and O–H groups in total. The van der Waals surface area contributed by atoms with Crippen molar-refractivity contribution in [3.63, 3.8) is 0 Å². The average molecular weight is 436 g/mol. The highest BCUT2D eigenvalue weighted by Crippen LogP contribution is 2.40. The van der Waals surface area contributed by atoms with E-state index in [2.05, 4.69) is 55.0 Å². The van der Waals surface area contributed by atoms with Crippen molar-refractivity contribution in [2.45, 2.75) is 52.5 Å². The van der Waals surface area contributed by atoms with Crippen LogP contribution >= 0.6 is 11.3 Å². The first-order valence-electron chi connectivity index (χ1n) is 11.1. The Morgan fingerprint density at radius 1 is 1.16 bits per heavy atom. The number of benzene rings is 2. The van der Waals surface area contributed by atoms with E-state index in [4.69, 9.17) is 4.99 Å². The van der Waals surface area contributed by atoms with E-state index in [1.807, 2.05) is 6.07 Å². The fourth-order valence-electron chi connectivity index (χ4n) is 4.55. The Morgan fingerprint density at radius 2 is 1.94 bits per heavy atom. The van der Waals surface area contributed by atoms with Crippen molar-refractivity contribution in [2.24, 2.45) is 16.8 Å². The van der Waals surface area contributed by atoms with Crippen LogP contribution in [0.2, 0.25) is 0 Å². The van der Waals surface area contributed by atoms with E-state index in [1.54, 1.807) is 29.5 Å². The second-order valence-corrected chi connectivity index (χ2v) is 9.38. The zero-order chi connectivity index (χ0) is 22.0. The lowest BCUT2D eigenvalue weighted by Crippen LogP contribution is -2.32. The Balaban J connectivity index is 1.87. The van der Waals surface area contributed by atoms with Crippen molar-refractivity contribution in [2.75, 3.05) is 0 Å². The van der Waals surface area contributed by atoms with Crippen LogP contribution in [0.4, 0.5) is 11.4 Å². The third-order valence-corrected chi connectivity index (χ3v) is 7.50. The maximum absolute atomic E-state index is 11.3. The summed E-state index contributed by atoms with van der Waals surface area (Å²) in [5.41, 5.74) is 4.25. The van der Waals surface area contributed by atoms with Gasteiger partial charge in [-0.3, -0.25) is 10.1 Å². The van der Waals surface area contributed by atoms with E-state index in [0.29, 0.717) is 17.9 Å². The molecular formula is C25H29N3O2S. The lowest BCUT2D eigenvalue weighted by Gasteiger charge is -2.36. The number of non-ortho nitro benzene ring substituents is 1. The van der Waals surface area contributed by atoms with Crippen LogP contribution in [-0.2, 0) is 6.42 Å². The van der Waals surface area contributed by atoms with Gasteiger partial charge in [0.2, 0.25) is 0 Å². The average Bonchev–Trinajstić information content (AvgIpc) is 3.19. The predicted molar refractivity (Wildman–Crippen MR) is 127 cm³/mol. The molecule has 2 aromatic carbocycles. The molecule has 0 saturated heterocycles. The van der Waals surface area contributed by atoms with Crippen molar-refractivity contribution >= 4 is 22.7 Å². The molecule has 1 aliphatic rings. The Morgan fingerprint density at radius 3 is 2.65 bits per heavy atom. The number of hydrogen-bond donors (Lipinski definition) is 0. The Labute approximate surface area is 187 Å². The Bertz CT molecular complexity index is 1130. The molecule has 3 aromatic rings. The van der Waals surface area contributed by atoms with Gasteiger partial charge in [0.15, 0.2) is 4.80 Å². The van der Waals surface area contributed by atoms with Gasteiger partial charge in [-0.2, -0.15) is 0 Å². The molecule has 0 aliphatic heterocycles. The first kappa shape index (κ1) is 21.5. The molecule has 31 heavy (non-hydrogen) atoms. The number of aromatic nitrogens is 1. The second-order valence-electron chi connectivity index (χ2n) is 8.55. The smallest absolute Gasteiger partial charge is 0.270 e. The van der Waals surface area contributed by atoms with Gasteiger partial charge < -0.3 is 4.57 Å². The highest BCUT2D eigenvalue weighted by molar-refractivity contribution is 7.07. The summed E-state index contributed by atoms with van der Waals surface area (Å²) in [5.74, 6) is 1.16. The molecule has 3 atom stereocenters. The lowest BCUT2D eigenvalue weighted by molar-refractivity contribution is -0.384. The van der Waals surface area contributed by atoms with Gasteiger partial charge in [-0.1, -0.05) is 57.9 Å². The SMILES string of the molecule is CCc1ccc(N=c2scc(-c3cccc([N+](=O)[O-])c3)n2C2CCCC(C)C2C)cc1. The van der Waals surface area contributed by atoms with Crippen molar-refractivity contribution in [1.29, 1.82) is 0 Å². The minimum Gasteiger partial charge on any atom is -0.313 e. The van der Waals surface area contributed by atoms with E-state index in [9.17, 15) is 10.1 Å². The summed E-state index contributed by atoms with van der Waals surface area (Å²) in [6.45, 7) is 6.81. The van der Waals surface area contributed by atoms with Crippen LogP contribution in [0.25, 0.3) is 11.3 Å². The molecule has 1 aliphatic carbocycles. The molecule has 162 valence electrons.